The molecule has 3 heteroatoms. The third kappa shape index (κ3) is 2.62. The predicted octanol–water partition coefficient (Wildman–Crippen LogP) is 4.12. The number of aromatic nitrogens is 2. The Morgan fingerprint density at radius 3 is 2.85 bits per heavy atom. The van der Waals surface area contributed by atoms with Crippen molar-refractivity contribution < 1.29 is 0 Å². The van der Waals surface area contributed by atoms with Gasteiger partial charge in [0.15, 0.2) is 0 Å². The minimum Gasteiger partial charge on any atom is -0.385 e. The maximum Gasteiger partial charge on any atom is 0.0722 e. The van der Waals surface area contributed by atoms with Crippen LogP contribution in [-0.2, 0) is 0 Å². The highest BCUT2D eigenvalue weighted by Crippen LogP contribution is 2.23. The molecule has 0 unspecified atom stereocenters. The summed E-state index contributed by atoms with van der Waals surface area (Å²) in [6, 6.07) is 14.4. The van der Waals surface area contributed by atoms with Crippen molar-refractivity contribution in [3.05, 3.63) is 54.9 Å². The van der Waals surface area contributed by atoms with Crippen LogP contribution in [0.1, 0.15) is 13.3 Å². The second-order valence-corrected chi connectivity index (χ2v) is 4.77. The van der Waals surface area contributed by atoms with Gasteiger partial charge in [-0.05, 0) is 36.8 Å². The van der Waals surface area contributed by atoms with Crippen molar-refractivity contribution in [2.24, 2.45) is 0 Å². The van der Waals surface area contributed by atoms with Gasteiger partial charge >= 0.3 is 0 Å². The molecule has 0 bridgehead atoms. The second-order valence-electron chi connectivity index (χ2n) is 4.77. The molecule has 0 amide bonds. The number of hydrogen-bond acceptors (Lipinski definition) is 3. The van der Waals surface area contributed by atoms with E-state index in [4.69, 9.17) is 0 Å². The molecule has 3 nitrogen and oxygen atoms in total. The Kier molecular flexibility index (Phi) is 3.59. The Hall–Kier alpha value is -2.42. The summed E-state index contributed by atoms with van der Waals surface area (Å²) in [4.78, 5) is 8.81. The fourth-order valence-corrected chi connectivity index (χ4v) is 2.20. The van der Waals surface area contributed by atoms with Crippen LogP contribution < -0.4 is 5.32 Å². The van der Waals surface area contributed by atoms with E-state index in [0.29, 0.717) is 0 Å². The third-order valence-electron chi connectivity index (χ3n) is 3.24. The number of hydrogen-bond donors (Lipinski definition) is 1. The zero-order valence-electron chi connectivity index (χ0n) is 11.5. The Labute approximate surface area is 118 Å². The van der Waals surface area contributed by atoms with Gasteiger partial charge in [0.05, 0.1) is 11.2 Å². The van der Waals surface area contributed by atoms with Gasteiger partial charge in [-0.1, -0.05) is 19.1 Å². The molecule has 0 fully saturated rings. The predicted molar refractivity (Wildman–Crippen MR) is 83.8 cm³/mol. The van der Waals surface area contributed by atoms with Crippen molar-refractivity contribution in [2.75, 3.05) is 11.9 Å². The van der Waals surface area contributed by atoms with Gasteiger partial charge in [-0.2, -0.15) is 0 Å². The van der Waals surface area contributed by atoms with E-state index in [2.05, 4.69) is 46.5 Å². The summed E-state index contributed by atoms with van der Waals surface area (Å²) in [5.41, 5.74) is 4.22. The lowest BCUT2D eigenvalue weighted by molar-refractivity contribution is 0.979. The van der Waals surface area contributed by atoms with Crippen LogP contribution in [-0.4, -0.2) is 16.5 Å². The fourth-order valence-electron chi connectivity index (χ4n) is 2.20. The van der Waals surface area contributed by atoms with Crippen molar-refractivity contribution in [2.45, 2.75) is 13.3 Å². The molecular formula is C17H17N3. The molecule has 3 aromatic rings. The van der Waals surface area contributed by atoms with Gasteiger partial charge in [0.2, 0.25) is 0 Å². The van der Waals surface area contributed by atoms with Crippen molar-refractivity contribution in [1.82, 2.24) is 9.97 Å². The molecule has 0 saturated heterocycles. The lowest BCUT2D eigenvalue weighted by Gasteiger charge is -2.07. The summed E-state index contributed by atoms with van der Waals surface area (Å²) in [5.74, 6) is 0. The van der Waals surface area contributed by atoms with E-state index in [1.165, 1.54) is 0 Å². The molecule has 3 rings (SSSR count). The summed E-state index contributed by atoms with van der Waals surface area (Å²) in [5, 5.41) is 4.53. The molecule has 2 aromatic heterocycles. The summed E-state index contributed by atoms with van der Waals surface area (Å²) < 4.78 is 0. The Morgan fingerprint density at radius 2 is 1.95 bits per heavy atom. The molecule has 100 valence electrons. The lowest BCUT2D eigenvalue weighted by atomic mass is 10.1. The minimum absolute atomic E-state index is 0.977. The standard InChI is InChI=1S/C17H17N3/c1-2-8-18-15-7-10-20-17(12-15)14-5-6-16-13(11-14)4-3-9-19-16/h3-7,9-12H,2,8H2,1H3,(H,18,20). The zero-order chi connectivity index (χ0) is 13.8. The fraction of sp³-hybridized carbons (Fsp3) is 0.176. The maximum absolute atomic E-state index is 4.46. The van der Waals surface area contributed by atoms with E-state index in [9.17, 15) is 0 Å². The molecule has 1 aromatic carbocycles. The minimum atomic E-state index is 0.977. The van der Waals surface area contributed by atoms with E-state index in [-0.39, 0.29) is 0 Å². The van der Waals surface area contributed by atoms with Crippen LogP contribution in [0.3, 0.4) is 0 Å². The largest absolute Gasteiger partial charge is 0.385 e. The van der Waals surface area contributed by atoms with Gasteiger partial charge < -0.3 is 5.32 Å². The molecule has 0 spiro atoms. The normalized spacial score (nSPS) is 10.7. The molecule has 0 aliphatic heterocycles. The SMILES string of the molecule is CCCNc1ccnc(-c2ccc3ncccc3c2)c1. The van der Waals surface area contributed by atoms with E-state index < -0.39 is 0 Å². The average Bonchev–Trinajstić information content (AvgIpc) is 2.53. The van der Waals surface area contributed by atoms with Gasteiger partial charge in [-0.3, -0.25) is 9.97 Å². The molecule has 0 radical (unpaired) electrons. The van der Waals surface area contributed by atoms with Gasteiger partial charge in [0, 0.05) is 35.6 Å². The first-order valence-corrected chi connectivity index (χ1v) is 6.92. The number of nitrogens with one attached hydrogen (secondary N) is 1. The first kappa shape index (κ1) is 12.6. The molecule has 1 N–H and O–H groups in total. The van der Waals surface area contributed by atoms with Gasteiger partial charge in [0.1, 0.15) is 0 Å². The van der Waals surface area contributed by atoms with Gasteiger partial charge in [0.25, 0.3) is 0 Å². The van der Waals surface area contributed by atoms with Gasteiger partial charge in [-0.25, -0.2) is 0 Å². The number of fused-ring (bicyclic) bond motifs is 1. The van der Waals surface area contributed by atoms with Gasteiger partial charge in [-0.15, -0.1) is 0 Å². The summed E-state index contributed by atoms with van der Waals surface area (Å²) >= 11 is 0. The van der Waals surface area contributed by atoms with E-state index in [1.807, 2.05) is 30.6 Å². The number of anilines is 1. The Morgan fingerprint density at radius 1 is 1.00 bits per heavy atom. The average molecular weight is 263 g/mol. The first-order chi connectivity index (χ1) is 9.86. The quantitative estimate of drug-likeness (QED) is 0.769. The first-order valence-electron chi connectivity index (χ1n) is 6.92. The van der Waals surface area contributed by atoms with Crippen LogP contribution in [0.4, 0.5) is 5.69 Å². The maximum atomic E-state index is 4.46. The summed E-state index contributed by atoms with van der Waals surface area (Å²) in [6.45, 7) is 3.14. The van der Waals surface area contributed by atoms with Crippen molar-refractivity contribution in [3.63, 3.8) is 0 Å². The third-order valence-corrected chi connectivity index (χ3v) is 3.24. The Balaban J connectivity index is 1.97. The molecule has 2 heterocycles. The van der Waals surface area contributed by atoms with E-state index >= 15 is 0 Å². The molecular weight excluding hydrogens is 246 g/mol. The number of nitrogens with zero attached hydrogens (tertiary/aromatic N) is 2. The number of rotatable bonds is 4. The van der Waals surface area contributed by atoms with Crippen LogP contribution in [0.5, 0.6) is 0 Å². The Bertz CT molecular complexity index is 722. The zero-order valence-corrected chi connectivity index (χ0v) is 11.5. The highest BCUT2D eigenvalue weighted by atomic mass is 14.9. The topological polar surface area (TPSA) is 37.8 Å². The monoisotopic (exact) mass is 263 g/mol. The lowest BCUT2D eigenvalue weighted by Crippen LogP contribution is -1.99. The van der Waals surface area contributed by atoms with Crippen molar-refractivity contribution in [1.29, 1.82) is 0 Å². The smallest absolute Gasteiger partial charge is 0.0722 e. The molecule has 20 heavy (non-hydrogen) atoms. The van der Waals surface area contributed by atoms with Crippen molar-refractivity contribution in [3.8, 4) is 11.3 Å². The van der Waals surface area contributed by atoms with Crippen LogP contribution in [0.15, 0.2) is 54.9 Å². The molecule has 0 aliphatic carbocycles. The molecule has 0 aliphatic rings. The highest BCUT2D eigenvalue weighted by Gasteiger charge is 2.02. The second kappa shape index (κ2) is 5.70. The van der Waals surface area contributed by atoms with Crippen LogP contribution >= 0.6 is 0 Å². The van der Waals surface area contributed by atoms with Crippen LogP contribution in [0, 0.1) is 0 Å². The number of benzene rings is 1. The van der Waals surface area contributed by atoms with Crippen LogP contribution in [0.25, 0.3) is 22.2 Å². The molecule has 0 atom stereocenters. The highest BCUT2D eigenvalue weighted by molar-refractivity contribution is 5.83. The number of pyridine rings is 2. The van der Waals surface area contributed by atoms with Crippen molar-refractivity contribution >= 4 is 16.6 Å². The summed E-state index contributed by atoms with van der Waals surface area (Å²) in [7, 11) is 0. The van der Waals surface area contributed by atoms with Crippen LogP contribution in [0.2, 0.25) is 0 Å². The summed E-state index contributed by atoms with van der Waals surface area (Å²) in [6.07, 6.45) is 4.77. The van der Waals surface area contributed by atoms with E-state index in [1.54, 1.807) is 0 Å². The van der Waals surface area contributed by atoms with E-state index in [0.717, 1.165) is 40.8 Å². The molecule has 0 saturated carbocycles.